The number of nitriles is 1. The van der Waals surface area contributed by atoms with Crippen LogP contribution in [0.2, 0.25) is 0 Å². The number of fused-ring (bicyclic) bond motifs is 1. The van der Waals surface area contributed by atoms with Crippen molar-refractivity contribution >= 4 is 10.9 Å². The number of para-hydroxylation sites is 1. The molecule has 0 unspecified atom stereocenters. The van der Waals surface area contributed by atoms with E-state index in [1.54, 1.807) is 6.07 Å². The first-order chi connectivity index (χ1) is 8.36. The Labute approximate surface area is 98.8 Å². The van der Waals surface area contributed by atoms with Crippen LogP contribution in [0.5, 0.6) is 5.88 Å². The van der Waals surface area contributed by atoms with Gasteiger partial charge in [0, 0.05) is 24.5 Å². The normalized spacial score (nSPS) is 15.2. The molecule has 0 bridgehead atoms. The summed E-state index contributed by atoms with van der Waals surface area (Å²) >= 11 is 0. The Morgan fingerprint density at radius 2 is 2.18 bits per heavy atom. The Morgan fingerprint density at radius 3 is 2.88 bits per heavy atom. The maximum atomic E-state index is 9.12. The SMILES string of the molecule is N#Cc1cc(OC2CNC2)nc2ccccc12. The first kappa shape index (κ1) is 10.1. The van der Waals surface area contributed by atoms with Crippen LogP contribution in [0, 0.1) is 11.3 Å². The minimum Gasteiger partial charge on any atom is -0.472 e. The molecule has 2 aromatic rings. The molecule has 2 heterocycles. The summed E-state index contributed by atoms with van der Waals surface area (Å²) in [5.74, 6) is 0.534. The van der Waals surface area contributed by atoms with E-state index >= 15 is 0 Å². The van der Waals surface area contributed by atoms with E-state index in [4.69, 9.17) is 10.00 Å². The molecule has 1 aromatic heterocycles. The lowest BCUT2D eigenvalue weighted by molar-refractivity contribution is 0.136. The predicted octanol–water partition coefficient (Wildman–Crippen LogP) is 1.46. The van der Waals surface area contributed by atoms with Crippen LogP contribution in [0.4, 0.5) is 0 Å². The van der Waals surface area contributed by atoms with Crippen LogP contribution >= 0.6 is 0 Å². The summed E-state index contributed by atoms with van der Waals surface area (Å²) in [4.78, 5) is 4.40. The molecule has 1 aromatic carbocycles. The lowest BCUT2D eigenvalue weighted by Gasteiger charge is -2.27. The molecule has 4 nitrogen and oxygen atoms in total. The van der Waals surface area contributed by atoms with E-state index in [0.29, 0.717) is 11.4 Å². The van der Waals surface area contributed by atoms with Crippen LogP contribution in [0.1, 0.15) is 5.56 Å². The molecule has 1 fully saturated rings. The molecular weight excluding hydrogens is 214 g/mol. The van der Waals surface area contributed by atoms with Crippen LogP contribution < -0.4 is 10.1 Å². The molecule has 3 rings (SSSR count). The quantitative estimate of drug-likeness (QED) is 0.840. The van der Waals surface area contributed by atoms with E-state index in [1.165, 1.54) is 0 Å². The van der Waals surface area contributed by atoms with Crippen molar-refractivity contribution in [3.63, 3.8) is 0 Å². The molecule has 1 aliphatic heterocycles. The van der Waals surface area contributed by atoms with E-state index in [9.17, 15) is 0 Å². The summed E-state index contributed by atoms with van der Waals surface area (Å²) in [5, 5.41) is 13.1. The third kappa shape index (κ3) is 1.81. The highest BCUT2D eigenvalue weighted by molar-refractivity contribution is 5.85. The summed E-state index contributed by atoms with van der Waals surface area (Å²) in [6.07, 6.45) is 0.176. The lowest BCUT2D eigenvalue weighted by Crippen LogP contribution is -2.50. The largest absolute Gasteiger partial charge is 0.472 e. The second-order valence-electron chi connectivity index (χ2n) is 4.04. The Morgan fingerprint density at radius 1 is 1.35 bits per heavy atom. The third-order valence-electron chi connectivity index (χ3n) is 2.84. The number of rotatable bonds is 2. The summed E-state index contributed by atoms with van der Waals surface area (Å²) in [5.41, 5.74) is 1.41. The molecule has 1 N–H and O–H groups in total. The Bertz CT molecular complexity index is 599. The molecule has 0 aliphatic carbocycles. The van der Waals surface area contributed by atoms with Gasteiger partial charge in [-0.15, -0.1) is 0 Å². The van der Waals surface area contributed by atoms with Crippen LogP contribution in [0.25, 0.3) is 10.9 Å². The van der Waals surface area contributed by atoms with E-state index in [-0.39, 0.29) is 6.10 Å². The van der Waals surface area contributed by atoms with Crippen LogP contribution in [-0.4, -0.2) is 24.2 Å². The molecular formula is C13H11N3O. The van der Waals surface area contributed by atoms with Crippen molar-refractivity contribution in [2.75, 3.05) is 13.1 Å². The van der Waals surface area contributed by atoms with Gasteiger partial charge in [-0.1, -0.05) is 18.2 Å². The number of ether oxygens (including phenoxy) is 1. The van der Waals surface area contributed by atoms with Gasteiger partial charge in [-0.2, -0.15) is 5.26 Å². The van der Waals surface area contributed by atoms with Gasteiger partial charge >= 0.3 is 0 Å². The minimum atomic E-state index is 0.176. The Balaban J connectivity index is 2.05. The van der Waals surface area contributed by atoms with Crippen molar-refractivity contribution in [1.82, 2.24) is 10.3 Å². The molecule has 4 heteroatoms. The second-order valence-corrected chi connectivity index (χ2v) is 4.04. The zero-order valence-electron chi connectivity index (χ0n) is 9.18. The van der Waals surface area contributed by atoms with E-state index in [0.717, 1.165) is 24.0 Å². The zero-order valence-corrected chi connectivity index (χ0v) is 9.18. The Hall–Kier alpha value is -2.12. The summed E-state index contributed by atoms with van der Waals surface area (Å²) < 4.78 is 5.68. The molecule has 0 saturated carbocycles. The first-order valence-corrected chi connectivity index (χ1v) is 5.54. The molecule has 17 heavy (non-hydrogen) atoms. The molecule has 0 amide bonds. The van der Waals surface area contributed by atoms with Crippen molar-refractivity contribution in [2.24, 2.45) is 0 Å². The van der Waals surface area contributed by atoms with E-state index in [2.05, 4.69) is 16.4 Å². The van der Waals surface area contributed by atoms with E-state index < -0.39 is 0 Å². The van der Waals surface area contributed by atoms with Gasteiger partial charge in [0.15, 0.2) is 0 Å². The Kier molecular flexibility index (Phi) is 2.39. The standard InChI is InChI=1S/C13H11N3O/c14-6-9-5-13(17-10-7-15-8-10)16-12-4-2-1-3-11(9)12/h1-5,10,15H,7-8H2. The first-order valence-electron chi connectivity index (χ1n) is 5.54. The smallest absolute Gasteiger partial charge is 0.215 e. The van der Waals surface area contributed by atoms with Crippen LogP contribution in [0.3, 0.4) is 0 Å². The summed E-state index contributed by atoms with van der Waals surface area (Å²) in [6, 6.07) is 11.5. The van der Waals surface area contributed by atoms with Crippen molar-refractivity contribution in [2.45, 2.75) is 6.10 Å². The van der Waals surface area contributed by atoms with E-state index in [1.807, 2.05) is 24.3 Å². The fourth-order valence-electron chi connectivity index (χ4n) is 1.82. The monoisotopic (exact) mass is 225 g/mol. The van der Waals surface area contributed by atoms with Gasteiger partial charge in [0.2, 0.25) is 5.88 Å². The number of aromatic nitrogens is 1. The second kappa shape index (κ2) is 4.04. The third-order valence-corrected chi connectivity index (χ3v) is 2.84. The van der Waals surface area contributed by atoms with Gasteiger partial charge in [0.05, 0.1) is 11.1 Å². The number of pyridine rings is 1. The van der Waals surface area contributed by atoms with Gasteiger partial charge in [0.1, 0.15) is 12.2 Å². The number of hydrogen-bond donors (Lipinski definition) is 1. The van der Waals surface area contributed by atoms with Crippen molar-refractivity contribution in [3.05, 3.63) is 35.9 Å². The molecule has 1 aliphatic rings. The predicted molar refractivity (Wildman–Crippen MR) is 63.7 cm³/mol. The topological polar surface area (TPSA) is 57.9 Å². The molecule has 0 atom stereocenters. The van der Waals surface area contributed by atoms with Crippen molar-refractivity contribution in [3.8, 4) is 11.9 Å². The highest BCUT2D eigenvalue weighted by atomic mass is 16.5. The average Bonchev–Trinajstić information content (AvgIpc) is 2.33. The van der Waals surface area contributed by atoms with Gasteiger partial charge in [-0.25, -0.2) is 4.98 Å². The molecule has 84 valence electrons. The van der Waals surface area contributed by atoms with Gasteiger partial charge in [0.25, 0.3) is 0 Å². The highest BCUT2D eigenvalue weighted by Crippen LogP contribution is 2.22. The highest BCUT2D eigenvalue weighted by Gasteiger charge is 2.19. The minimum absolute atomic E-state index is 0.176. The van der Waals surface area contributed by atoms with Gasteiger partial charge in [-0.05, 0) is 6.07 Å². The maximum Gasteiger partial charge on any atom is 0.215 e. The fourth-order valence-corrected chi connectivity index (χ4v) is 1.82. The molecule has 0 spiro atoms. The molecule has 1 saturated heterocycles. The number of nitrogens with one attached hydrogen (secondary N) is 1. The van der Waals surface area contributed by atoms with Crippen LogP contribution in [-0.2, 0) is 0 Å². The van der Waals surface area contributed by atoms with Gasteiger partial charge < -0.3 is 10.1 Å². The van der Waals surface area contributed by atoms with Crippen LogP contribution in [0.15, 0.2) is 30.3 Å². The number of hydrogen-bond acceptors (Lipinski definition) is 4. The molecule has 0 radical (unpaired) electrons. The maximum absolute atomic E-state index is 9.12. The average molecular weight is 225 g/mol. The lowest BCUT2D eigenvalue weighted by atomic mass is 10.1. The van der Waals surface area contributed by atoms with Crippen molar-refractivity contribution in [1.29, 1.82) is 5.26 Å². The van der Waals surface area contributed by atoms with Gasteiger partial charge in [-0.3, -0.25) is 0 Å². The summed E-state index contributed by atoms with van der Waals surface area (Å²) in [7, 11) is 0. The number of nitrogens with zero attached hydrogens (tertiary/aromatic N) is 2. The fraction of sp³-hybridized carbons (Fsp3) is 0.231. The summed E-state index contributed by atoms with van der Waals surface area (Å²) in [6.45, 7) is 1.69. The zero-order chi connectivity index (χ0) is 11.7. The van der Waals surface area contributed by atoms with Crippen molar-refractivity contribution < 1.29 is 4.74 Å². The number of benzene rings is 1.